The smallest absolute Gasteiger partial charge is 0.0875 e. The minimum atomic E-state index is -1.65. The monoisotopic (exact) mass is 960 g/mol. The van der Waals surface area contributed by atoms with Gasteiger partial charge in [-0.25, -0.2) is 0 Å². The molecular weight excluding hydrogens is 919 g/mol. The van der Waals surface area contributed by atoms with Crippen LogP contribution in [0.4, 0.5) is 0 Å². The van der Waals surface area contributed by atoms with Gasteiger partial charge in [0.05, 0.1) is 24.0 Å². The first kappa shape index (κ1) is 42.2. The molecular formula is C58H44Cl2O2SiZr-2. The summed E-state index contributed by atoms with van der Waals surface area (Å²) in [5.41, 5.74) is 9.80. The van der Waals surface area contributed by atoms with Gasteiger partial charge in [-0.15, -0.1) is 57.9 Å². The van der Waals surface area contributed by atoms with Crippen LogP contribution in [0, 0.1) is 13.8 Å². The predicted molar refractivity (Wildman–Crippen MR) is 274 cm³/mol. The Morgan fingerprint density at radius 3 is 1.19 bits per heavy atom. The molecule has 0 saturated heterocycles. The number of hydrogen-bond acceptors (Lipinski definition) is 2. The van der Waals surface area contributed by atoms with E-state index in [1.54, 1.807) is 0 Å². The molecule has 2 aromatic heterocycles. The molecule has 12 aromatic rings. The Balaban J connectivity index is 0.000000135. The maximum absolute atomic E-state index is 5.98. The van der Waals surface area contributed by atoms with Crippen LogP contribution in [0.5, 0.6) is 0 Å². The largest absolute Gasteiger partial charge is 0.498 e. The van der Waals surface area contributed by atoms with Gasteiger partial charge in [-0.05, 0) is 68.4 Å². The molecule has 0 N–H and O–H groups in total. The van der Waals surface area contributed by atoms with Crippen LogP contribution in [0.2, 0.25) is 13.1 Å². The maximum atomic E-state index is 5.98. The van der Waals surface area contributed by atoms with Crippen molar-refractivity contribution in [3.05, 3.63) is 206 Å². The second kappa shape index (κ2) is 18.0. The number of benzene rings is 8. The fourth-order valence-corrected chi connectivity index (χ4v) is 9.08. The van der Waals surface area contributed by atoms with Crippen molar-refractivity contribution < 1.29 is 26.8 Å². The van der Waals surface area contributed by atoms with Gasteiger partial charge in [-0.2, -0.15) is 0 Å². The van der Waals surface area contributed by atoms with Crippen LogP contribution in [0.15, 0.2) is 203 Å². The van der Waals surface area contributed by atoms with Crippen molar-refractivity contribution in [1.29, 1.82) is 0 Å². The molecule has 12 rings (SSSR count). The Morgan fingerprint density at radius 1 is 0.422 bits per heavy atom. The summed E-state index contributed by atoms with van der Waals surface area (Å²) in [6.45, 7) is 8.73. The molecule has 0 unspecified atom stereocenters. The van der Waals surface area contributed by atoms with E-state index in [0.717, 1.165) is 44.2 Å². The van der Waals surface area contributed by atoms with E-state index in [2.05, 4.69) is 197 Å². The Labute approximate surface area is 388 Å². The zero-order valence-corrected chi connectivity index (χ0v) is 41.0. The maximum Gasteiger partial charge on any atom is 0.0875 e. The normalized spacial score (nSPS) is 11.3. The minimum absolute atomic E-state index is 0.224. The molecule has 0 radical (unpaired) electrons. The quantitative estimate of drug-likeness (QED) is 0.130. The van der Waals surface area contributed by atoms with E-state index in [0.29, 0.717) is 0 Å². The van der Waals surface area contributed by atoms with Crippen LogP contribution in [0.25, 0.3) is 110 Å². The van der Waals surface area contributed by atoms with Crippen molar-refractivity contribution >= 4 is 87.1 Å². The van der Waals surface area contributed by atoms with Crippen molar-refractivity contribution in [3.63, 3.8) is 0 Å². The van der Waals surface area contributed by atoms with Crippen molar-refractivity contribution in [2.24, 2.45) is 0 Å². The molecule has 0 saturated carbocycles. The Morgan fingerprint density at radius 2 is 0.781 bits per heavy atom. The number of furan rings is 2. The number of hydrogen-bond donors (Lipinski definition) is 0. The average Bonchev–Trinajstić information content (AvgIpc) is 4.14. The molecule has 0 atom stereocenters. The van der Waals surface area contributed by atoms with E-state index < -0.39 is 18.0 Å². The van der Waals surface area contributed by atoms with Crippen LogP contribution >= 0.6 is 17.0 Å². The minimum Gasteiger partial charge on any atom is -0.498 e. The van der Waals surface area contributed by atoms with Gasteiger partial charge in [0.15, 0.2) is 0 Å². The van der Waals surface area contributed by atoms with Crippen LogP contribution in [0.1, 0.15) is 11.1 Å². The van der Waals surface area contributed by atoms with Gasteiger partial charge in [-0.1, -0.05) is 168 Å². The molecule has 312 valence electrons. The van der Waals surface area contributed by atoms with E-state index >= 15 is 0 Å². The molecule has 0 bridgehead atoms. The van der Waals surface area contributed by atoms with E-state index in [-0.39, 0.29) is 5.43 Å². The molecule has 0 aliphatic carbocycles. The zero-order chi connectivity index (χ0) is 43.9. The third kappa shape index (κ3) is 8.03. The fraction of sp³-hybridized carbons (Fsp3) is 0.0690. The summed E-state index contributed by atoms with van der Waals surface area (Å²) in [6.07, 6.45) is 3.69. The van der Waals surface area contributed by atoms with Gasteiger partial charge in [-0.3, -0.25) is 0 Å². The van der Waals surface area contributed by atoms with Gasteiger partial charge in [0, 0.05) is 10.8 Å². The van der Waals surface area contributed by atoms with Crippen molar-refractivity contribution in [3.8, 4) is 44.9 Å². The first-order valence-corrected chi connectivity index (χ1v) is 34.0. The topological polar surface area (TPSA) is 26.3 Å². The fourth-order valence-electron chi connectivity index (χ4n) is 9.08. The van der Waals surface area contributed by atoms with E-state index in [1.165, 1.54) is 76.5 Å². The molecule has 2 nitrogen and oxygen atoms in total. The molecule has 64 heavy (non-hydrogen) atoms. The van der Waals surface area contributed by atoms with Crippen molar-refractivity contribution in [2.75, 3.05) is 0 Å². The second-order valence-corrected chi connectivity index (χ2v) is 39.6. The third-order valence-electron chi connectivity index (χ3n) is 12.2. The standard InChI is InChI=1S/2C28H19O.C2H6Si.2ClH.Zr/c2*1-18-13-14-20-15-22(28-24-11-5-3-8-21(24)17-29-28)16-26(20)27(18)25-12-6-9-19-7-2-4-10-23(19)25;1-3-2;;;/h2*2-17H,1H3;1-2H3;2*1H;/q2*-1;;;;+2/p-2. The van der Waals surface area contributed by atoms with Gasteiger partial charge in [0.1, 0.15) is 0 Å². The molecule has 0 amide bonds. The predicted octanol–water partition coefficient (Wildman–Crippen LogP) is 18.4. The summed E-state index contributed by atoms with van der Waals surface area (Å²) >= 11 is -1.65. The molecule has 0 fully saturated rings. The van der Waals surface area contributed by atoms with Crippen molar-refractivity contribution in [1.82, 2.24) is 0 Å². The summed E-state index contributed by atoms with van der Waals surface area (Å²) in [6, 6.07) is 65.0. The summed E-state index contributed by atoms with van der Waals surface area (Å²) in [5.74, 6) is 1.89. The molecule has 6 heteroatoms. The zero-order valence-electron chi connectivity index (χ0n) is 36.0. The summed E-state index contributed by atoms with van der Waals surface area (Å²) in [7, 11) is 11.2. The number of fused-ring (bicyclic) bond motifs is 6. The van der Waals surface area contributed by atoms with Gasteiger partial charge in [0.2, 0.25) is 0 Å². The Kier molecular flexibility index (Phi) is 11.9. The molecule has 0 spiro atoms. The summed E-state index contributed by atoms with van der Waals surface area (Å²) < 4.78 is 12.0. The van der Waals surface area contributed by atoms with E-state index in [1.807, 2.05) is 24.7 Å². The number of halogens is 2. The van der Waals surface area contributed by atoms with E-state index in [9.17, 15) is 0 Å². The van der Waals surface area contributed by atoms with Crippen LogP contribution in [0.3, 0.4) is 0 Å². The van der Waals surface area contributed by atoms with E-state index in [4.69, 9.17) is 25.9 Å². The third-order valence-corrected chi connectivity index (χ3v) is 32.0. The summed E-state index contributed by atoms with van der Waals surface area (Å²) in [5, 5.41) is 14.7. The Hall–Kier alpha value is -5.74. The number of rotatable bonds is 4. The molecule has 10 aromatic carbocycles. The SMILES string of the molecule is C[Si](C)=[Zr]([Cl])[Cl].Cc1ccc2[cH-]c(-c3occ4ccccc34)cc2c1-c1cccc2ccccc12.Cc1ccc2[cH-]c(-c3occ4ccccc34)cc2c1-c1cccc2ccccc12. The van der Waals surface area contributed by atoms with Gasteiger partial charge < -0.3 is 8.83 Å². The first-order valence-electron chi connectivity index (χ1n) is 21.5. The van der Waals surface area contributed by atoms with Crippen LogP contribution in [-0.2, 0) is 18.0 Å². The first-order chi connectivity index (χ1) is 31.2. The molecule has 0 aliphatic rings. The molecule has 2 heterocycles. The van der Waals surface area contributed by atoms with Crippen LogP contribution < -0.4 is 0 Å². The summed E-state index contributed by atoms with van der Waals surface area (Å²) in [4.78, 5) is 0. The van der Waals surface area contributed by atoms with Gasteiger partial charge in [0.25, 0.3) is 0 Å². The van der Waals surface area contributed by atoms with Crippen LogP contribution in [-0.4, -0.2) is 5.43 Å². The second-order valence-electron chi connectivity index (χ2n) is 16.6. The number of aryl methyl sites for hydroxylation is 2. The Bertz CT molecular complexity index is 3450. The average molecular weight is 963 g/mol. The molecule has 0 aliphatic heterocycles. The van der Waals surface area contributed by atoms with Gasteiger partial charge >= 0.3 is 53.5 Å². The van der Waals surface area contributed by atoms with Crippen molar-refractivity contribution in [2.45, 2.75) is 26.9 Å².